The number of aryl methyl sites for hydroxylation is 1. The zero-order valence-corrected chi connectivity index (χ0v) is 10.0. The van der Waals surface area contributed by atoms with Crippen LogP contribution in [0.2, 0.25) is 0 Å². The maximum atomic E-state index is 9.11. The van der Waals surface area contributed by atoms with Crippen molar-refractivity contribution in [2.75, 3.05) is 11.4 Å². The third-order valence-electron chi connectivity index (χ3n) is 3.48. The Bertz CT molecular complexity index is 417. The van der Waals surface area contributed by atoms with Crippen LogP contribution in [-0.4, -0.2) is 12.6 Å². The summed E-state index contributed by atoms with van der Waals surface area (Å²) in [5.41, 5.74) is 3.19. The fourth-order valence-electron chi connectivity index (χ4n) is 2.47. The largest absolute Gasteiger partial charge is 0.369 e. The predicted molar refractivity (Wildman–Crippen MR) is 66.6 cm³/mol. The lowest BCUT2D eigenvalue weighted by molar-refractivity contribution is 0.735. The van der Waals surface area contributed by atoms with E-state index in [4.69, 9.17) is 5.26 Å². The molecule has 2 nitrogen and oxygen atoms in total. The minimum atomic E-state index is 0.610. The van der Waals surface area contributed by atoms with Gasteiger partial charge in [0.05, 0.1) is 11.6 Å². The van der Waals surface area contributed by atoms with E-state index in [1.807, 2.05) is 6.07 Å². The van der Waals surface area contributed by atoms with Gasteiger partial charge in [-0.15, -0.1) is 0 Å². The number of nitriles is 1. The van der Waals surface area contributed by atoms with Gasteiger partial charge in [-0.05, 0) is 43.9 Å². The average Bonchev–Trinajstić information content (AvgIpc) is 2.74. The smallest absolute Gasteiger partial charge is 0.0995 e. The maximum Gasteiger partial charge on any atom is 0.0995 e. The van der Waals surface area contributed by atoms with Crippen LogP contribution in [0.3, 0.4) is 0 Å². The molecule has 0 amide bonds. The van der Waals surface area contributed by atoms with E-state index in [0.29, 0.717) is 6.04 Å². The van der Waals surface area contributed by atoms with E-state index in [2.05, 4.69) is 36.9 Å². The summed E-state index contributed by atoms with van der Waals surface area (Å²) in [6.07, 6.45) is 3.45. The summed E-state index contributed by atoms with van der Waals surface area (Å²) in [4.78, 5) is 2.40. The molecule has 1 saturated heterocycles. The molecule has 0 bridgehead atoms. The molecule has 0 N–H and O–H groups in total. The van der Waals surface area contributed by atoms with Gasteiger partial charge in [0, 0.05) is 18.3 Å². The highest BCUT2D eigenvalue weighted by atomic mass is 15.2. The second-order valence-electron chi connectivity index (χ2n) is 4.49. The van der Waals surface area contributed by atoms with E-state index in [-0.39, 0.29) is 0 Å². The normalized spacial score (nSPS) is 19.8. The fourth-order valence-corrected chi connectivity index (χ4v) is 2.47. The Morgan fingerprint density at radius 3 is 2.88 bits per heavy atom. The van der Waals surface area contributed by atoms with Gasteiger partial charge in [0.15, 0.2) is 0 Å². The molecule has 0 aromatic heterocycles. The summed E-state index contributed by atoms with van der Waals surface area (Å²) in [5, 5.41) is 9.11. The molecule has 1 fully saturated rings. The lowest BCUT2D eigenvalue weighted by Crippen LogP contribution is -2.26. The Hall–Kier alpha value is -1.49. The molecule has 1 aromatic rings. The van der Waals surface area contributed by atoms with E-state index in [1.165, 1.54) is 18.5 Å². The zero-order chi connectivity index (χ0) is 11.5. The van der Waals surface area contributed by atoms with Gasteiger partial charge in [-0.2, -0.15) is 5.26 Å². The van der Waals surface area contributed by atoms with Gasteiger partial charge < -0.3 is 4.90 Å². The molecule has 16 heavy (non-hydrogen) atoms. The molecule has 1 aliphatic rings. The lowest BCUT2D eigenvalue weighted by atomic mass is 10.0. The van der Waals surface area contributed by atoms with Crippen molar-refractivity contribution in [3.8, 4) is 6.07 Å². The van der Waals surface area contributed by atoms with E-state index >= 15 is 0 Å². The number of hydrogen-bond acceptors (Lipinski definition) is 2. The molecule has 1 atom stereocenters. The lowest BCUT2D eigenvalue weighted by Gasteiger charge is -2.24. The summed E-state index contributed by atoms with van der Waals surface area (Å²) in [6.45, 7) is 5.47. The molecule has 1 unspecified atom stereocenters. The van der Waals surface area contributed by atoms with Crippen LogP contribution >= 0.6 is 0 Å². The van der Waals surface area contributed by atoms with E-state index in [1.54, 1.807) is 0 Å². The highest BCUT2D eigenvalue weighted by molar-refractivity contribution is 5.55. The van der Waals surface area contributed by atoms with Crippen molar-refractivity contribution in [1.82, 2.24) is 0 Å². The summed E-state index contributed by atoms with van der Waals surface area (Å²) >= 11 is 0. The van der Waals surface area contributed by atoms with Crippen LogP contribution in [0.1, 0.15) is 37.8 Å². The summed E-state index contributed by atoms with van der Waals surface area (Å²) < 4.78 is 0. The van der Waals surface area contributed by atoms with Crippen LogP contribution in [0.25, 0.3) is 0 Å². The second kappa shape index (κ2) is 4.57. The van der Waals surface area contributed by atoms with Gasteiger partial charge in [-0.3, -0.25) is 0 Å². The van der Waals surface area contributed by atoms with Crippen LogP contribution < -0.4 is 4.90 Å². The number of nitrogens with zero attached hydrogens (tertiary/aromatic N) is 2. The van der Waals surface area contributed by atoms with E-state index in [9.17, 15) is 0 Å². The van der Waals surface area contributed by atoms with Crippen molar-refractivity contribution < 1.29 is 0 Å². The Labute approximate surface area is 97.5 Å². The van der Waals surface area contributed by atoms with Crippen molar-refractivity contribution in [2.45, 2.75) is 39.2 Å². The molecule has 84 valence electrons. The molecule has 2 heteroatoms. The first-order chi connectivity index (χ1) is 7.76. The quantitative estimate of drug-likeness (QED) is 0.756. The molecular weight excluding hydrogens is 196 g/mol. The van der Waals surface area contributed by atoms with Gasteiger partial charge in [-0.25, -0.2) is 0 Å². The predicted octanol–water partition coefficient (Wildman–Crippen LogP) is 3.11. The highest BCUT2D eigenvalue weighted by Crippen LogP contribution is 2.27. The third kappa shape index (κ3) is 1.90. The molecule has 1 aliphatic heterocycles. The Morgan fingerprint density at radius 2 is 2.31 bits per heavy atom. The molecule has 2 rings (SSSR count). The Morgan fingerprint density at radius 1 is 1.50 bits per heavy atom. The molecule has 0 spiro atoms. The first-order valence-electron chi connectivity index (χ1n) is 6.06. The van der Waals surface area contributed by atoms with Gasteiger partial charge in [-0.1, -0.05) is 13.0 Å². The number of rotatable bonds is 2. The Balaban J connectivity index is 2.33. The van der Waals surface area contributed by atoms with Crippen LogP contribution in [0.15, 0.2) is 18.2 Å². The summed E-state index contributed by atoms with van der Waals surface area (Å²) in [5.74, 6) is 0. The van der Waals surface area contributed by atoms with E-state index in [0.717, 1.165) is 24.1 Å². The van der Waals surface area contributed by atoms with Crippen LogP contribution in [0, 0.1) is 11.3 Å². The first kappa shape index (κ1) is 11.0. The van der Waals surface area contributed by atoms with Crippen molar-refractivity contribution in [3.63, 3.8) is 0 Å². The summed E-state index contributed by atoms with van der Waals surface area (Å²) in [7, 11) is 0. The number of hydrogen-bond donors (Lipinski definition) is 0. The van der Waals surface area contributed by atoms with Crippen molar-refractivity contribution in [3.05, 3.63) is 29.3 Å². The van der Waals surface area contributed by atoms with Crippen LogP contribution in [-0.2, 0) is 6.42 Å². The highest BCUT2D eigenvalue weighted by Gasteiger charge is 2.20. The van der Waals surface area contributed by atoms with Crippen LogP contribution in [0.4, 0.5) is 5.69 Å². The third-order valence-corrected chi connectivity index (χ3v) is 3.48. The molecule has 0 radical (unpaired) electrons. The number of benzene rings is 1. The first-order valence-corrected chi connectivity index (χ1v) is 6.06. The molecule has 0 aliphatic carbocycles. The van der Waals surface area contributed by atoms with Crippen LogP contribution in [0.5, 0.6) is 0 Å². The van der Waals surface area contributed by atoms with Gasteiger partial charge >= 0.3 is 0 Å². The molecule has 1 aromatic carbocycles. The van der Waals surface area contributed by atoms with Crippen molar-refractivity contribution in [2.24, 2.45) is 0 Å². The topological polar surface area (TPSA) is 27.0 Å². The van der Waals surface area contributed by atoms with Crippen molar-refractivity contribution >= 4 is 5.69 Å². The SMILES string of the molecule is CCc1ccc(N2CCCC2C)cc1C#N. The zero-order valence-electron chi connectivity index (χ0n) is 10.0. The van der Waals surface area contributed by atoms with E-state index < -0.39 is 0 Å². The minimum absolute atomic E-state index is 0.610. The monoisotopic (exact) mass is 214 g/mol. The van der Waals surface area contributed by atoms with Gasteiger partial charge in [0.25, 0.3) is 0 Å². The summed E-state index contributed by atoms with van der Waals surface area (Å²) in [6, 6.07) is 9.20. The second-order valence-corrected chi connectivity index (χ2v) is 4.49. The number of anilines is 1. The van der Waals surface area contributed by atoms with Crippen molar-refractivity contribution in [1.29, 1.82) is 5.26 Å². The fraction of sp³-hybridized carbons (Fsp3) is 0.500. The molecule has 0 saturated carbocycles. The Kier molecular flexibility index (Phi) is 3.14. The molecule has 1 heterocycles. The minimum Gasteiger partial charge on any atom is -0.369 e. The molecular formula is C14H18N2. The average molecular weight is 214 g/mol. The maximum absolute atomic E-state index is 9.11. The van der Waals surface area contributed by atoms with Gasteiger partial charge in [0.1, 0.15) is 0 Å². The standard InChI is InChI=1S/C14H18N2/c1-3-12-6-7-14(9-13(12)10-15)16-8-4-5-11(16)2/h6-7,9,11H,3-5,8H2,1-2H3. The van der Waals surface area contributed by atoms with Gasteiger partial charge in [0.2, 0.25) is 0 Å².